The van der Waals surface area contributed by atoms with Gasteiger partial charge in [-0.2, -0.15) is 5.26 Å². The van der Waals surface area contributed by atoms with E-state index in [2.05, 4.69) is 6.07 Å². The average molecular weight is 283 g/mol. The summed E-state index contributed by atoms with van der Waals surface area (Å²) in [6, 6.07) is 7.04. The lowest BCUT2D eigenvalue weighted by Crippen LogP contribution is -2.35. The number of benzene rings is 1. The van der Waals surface area contributed by atoms with Crippen molar-refractivity contribution in [3.8, 4) is 6.07 Å². The molecule has 1 fully saturated rings. The Morgan fingerprint density at radius 3 is 2.89 bits per heavy atom. The number of hydrogen-bond donors (Lipinski definition) is 0. The summed E-state index contributed by atoms with van der Waals surface area (Å²) in [6.07, 6.45) is 1.92. The molecule has 0 aromatic heterocycles. The van der Waals surface area contributed by atoms with E-state index in [0.29, 0.717) is 16.6 Å². The number of carbonyl (C=O) groups is 1. The van der Waals surface area contributed by atoms with Crippen LogP contribution in [0.1, 0.15) is 18.4 Å². The van der Waals surface area contributed by atoms with Crippen molar-refractivity contribution in [3.05, 3.63) is 33.8 Å². The van der Waals surface area contributed by atoms with Crippen molar-refractivity contribution < 1.29 is 4.79 Å². The molecular weight excluding hydrogens is 271 g/mol. The number of amides is 1. The van der Waals surface area contributed by atoms with Gasteiger partial charge in [0.2, 0.25) is 5.91 Å². The molecule has 94 valence electrons. The first-order chi connectivity index (χ1) is 8.61. The third-order valence-corrected chi connectivity index (χ3v) is 3.80. The molecule has 0 radical (unpaired) electrons. The van der Waals surface area contributed by atoms with E-state index in [4.69, 9.17) is 28.5 Å². The molecule has 1 aromatic rings. The minimum absolute atomic E-state index is 0.0301. The van der Waals surface area contributed by atoms with Crippen LogP contribution >= 0.6 is 23.2 Å². The van der Waals surface area contributed by atoms with Crippen LogP contribution in [0.15, 0.2) is 18.2 Å². The van der Waals surface area contributed by atoms with Crippen LogP contribution in [0.2, 0.25) is 10.0 Å². The van der Waals surface area contributed by atoms with Gasteiger partial charge in [-0.05, 0) is 30.5 Å². The molecule has 1 aliphatic rings. The molecule has 3 nitrogen and oxygen atoms in total. The van der Waals surface area contributed by atoms with Crippen molar-refractivity contribution in [1.29, 1.82) is 5.26 Å². The van der Waals surface area contributed by atoms with Gasteiger partial charge < -0.3 is 4.90 Å². The highest BCUT2D eigenvalue weighted by Crippen LogP contribution is 2.24. The van der Waals surface area contributed by atoms with E-state index in [1.807, 2.05) is 0 Å². The highest BCUT2D eigenvalue weighted by Gasteiger charge is 2.28. The largest absolute Gasteiger partial charge is 0.326 e. The SMILES string of the molecule is N#CC1CCCN1C(=O)Cc1ccc(Cl)c(Cl)c1. The lowest BCUT2D eigenvalue weighted by atomic mass is 10.1. The number of halogens is 2. The highest BCUT2D eigenvalue weighted by molar-refractivity contribution is 6.42. The van der Waals surface area contributed by atoms with Crippen LogP contribution < -0.4 is 0 Å². The van der Waals surface area contributed by atoms with Gasteiger partial charge in [-0.15, -0.1) is 0 Å². The van der Waals surface area contributed by atoms with Crippen molar-refractivity contribution in [2.45, 2.75) is 25.3 Å². The summed E-state index contributed by atoms with van der Waals surface area (Å²) in [7, 11) is 0. The van der Waals surface area contributed by atoms with E-state index in [0.717, 1.165) is 18.4 Å². The minimum Gasteiger partial charge on any atom is -0.326 e. The first kappa shape index (κ1) is 13.2. The van der Waals surface area contributed by atoms with E-state index in [1.165, 1.54) is 0 Å². The van der Waals surface area contributed by atoms with Crippen molar-refractivity contribution >= 4 is 29.1 Å². The van der Waals surface area contributed by atoms with Gasteiger partial charge in [0.25, 0.3) is 0 Å². The van der Waals surface area contributed by atoms with Gasteiger partial charge in [-0.25, -0.2) is 0 Å². The Balaban J connectivity index is 2.07. The fourth-order valence-electron chi connectivity index (χ4n) is 2.13. The Morgan fingerprint density at radius 2 is 2.22 bits per heavy atom. The summed E-state index contributed by atoms with van der Waals surface area (Å²) < 4.78 is 0. The van der Waals surface area contributed by atoms with Crippen molar-refractivity contribution in [2.24, 2.45) is 0 Å². The Bertz CT molecular complexity index is 510. The predicted molar refractivity (Wildman–Crippen MR) is 70.5 cm³/mol. The fraction of sp³-hybridized carbons (Fsp3) is 0.385. The molecule has 5 heteroatoms. The average Bonchev–Trinajstić information content (AvgIpc) is 2.82. The summed E-state index contributed by atoms with van der Waals surface area (Å²) >= 11 is 11.7. The smallest absolute Gasteiger partial charge is 0.228 e. The first-order valence-electron chi connectivity index (χ1n) is 5.75. The molecule has 1 heterocycles. The Morgan fingerprint density at radius 1 is 1.44 bits per heavy atom. The second-order valence-electron chi connectivity index (χ2n) is 4.30. The summed E-state index contributed by atoms with van der Waals surface area (Å²) in [5.41, 5.74) is 0.818. The predicted octanol–water partition coefficient (Wildman–Crippen LogP) is 3.05. The maximum atomic E-state index is 12.1. The molecule has 1 aliphatic heterocycles. The Kier molecular flexibility index (Phi) is 4.11. The van der Waals surface area contributed by atoms with E-state index in [9.17, 15) is 4.79 Å². The first-order valence-corrected chi connectivity index (χ1v) is 6.50. The lowest BCUT2D eigenvalue weighted by molar-refractivity contribution is -0.130. The lowest BCUT2D eigenvalue weighted by Gasteiger charge is -2.19. The molecule has 1 atom stereocenters. The second kappa shape index (κ2) is 5.60. The highest BCUT2D eigenvalue weighted by atomic mass is 35.5. The zero-order valence-electron chi connectivity index (χ0n) is 9.70. The van der Waals surface area contributed by atoms with Gasteiger partial charge >= 0.3 is 0 Å². The molecule has 1 aromatic carbocycles. The van der Waals surface area contributed by atoms with E-state index >= 15 is 0 Å². The minimum atomic E-state index is -0.278. The topological polar surface area (TPSA) is 44.1 Å². The molecule has 0 aliphatic carbocycles. The monoisotopic (exact) mass is 282 g/mol. The summed E-state index contributed by atoms with van der Waals surface area (Å²) in [5.74, 6) is -0.0301. The summed E-state index contributed by atoms with van der Waals surface area (Å²) in [5, 5.41) is 9.87. The third kappa shape index (κ3) is 2.77. The van der Waals surface area contributed by atoms with Crippen molar-refractivity contribution in [1.82, 2.24) is 4.90 Å². The van der Waals surface area contributed by atoms with Gasteiger partial charge in [-0.1, -0.05) is 29.3 Å². The molecule has 0 spiro atoms. The quantitative estimate of drug-likeness (QED) is 0.837. The van der Waals surface area contributed by atoms with Crippen LogP contribution in [0.5, 0.6) is 0 Å². The number of nitriles is 1. The molecule has 1 amide bonds. The third-order valence-electron chi connectivity index (χ3n) is 3.06. The zero-order chi connectivity index (χ0) is 13.1. The van der Waals surface area contributed by atoms with Crippen molar-refractivity contribution in [3.63, 3.8) is 0 Å². The number of carbonyl (C=O) groups excluding carboxylic acids is 1. The number of likely N-dealkylation sites (tertiary alicyclic amines) is 1. The molecular formula is C13H12Cl2N2O. The summed E-state index contributed by atoms with van der Waals surface area (Å²) in [6.45, 7) is 0.665. The molecule has 0 bridgehead atoms. The van der Waals surface area contributed by atoms with Gasteiger partial charge in [0, 0.05) is 6.54 Å². The van der Waals surface area contributed by atoms with Gasteiger partial charge in [-0.3, -0.25) is 4.79 Å². The van der Waals surface area contributed by atoms with Gasteiger partial charge in [0.1, 0.15) is 6.04 Å². The second-order valence-corrected chi connectivity index (χ2v) is 5.11. The van der Waals surface area contributed by atoms with Gasteiger partial charge in [0.05, 0.1) is 22.5 Å². The van der Waals surface area contributed by atoms with Crippen LogP contribution in [0, 0.1) is 11.3 Å². The fourth-order valence-corrected chi connectivity index (χ4v) is 2.45. The summed E-state index contributed by atoms with van der Waals surface area (Å²) in [4.78, 5) is 13.7. The van der Waals surface area contributed by atoms with E-state index < -0.39 is 0 Å². The van der Waals surface area contributed by atoms with E-state index in [1.54, 1.807) is 23.1 Å². The molecule has 18 heavy (non-hydrogen) atoms. The van der Waals surface area contributed by atoms with E-state index in [-0.39, 0.29) is 18.4 Å². The Hall–Kier alpha value is -1.24. The van der Waals surface area contributed by atoms with Crippen LogP contribution in [-0.4, -0.2) is 23.4 Å². The standard InChI is InChI=1S/C13H12Cl2N2O/c14-11-4-3-9(6-12(11)15)7-13(18)17-5-1-2-10(17)8-16/h3-4,6,10H,1-2,5,7H2. The molecule has 2 rings (SSSR count). The molecule has 1 saturated heterocycles. The van der Waals surface area contributed by atoms with Crippen LogP contribution in [0.3, 0.4) is 0 Å². The maximum absolute atomic E-state index is 12.1. The zero-order valence-corrected chi connectivity index (χ0v) is 11.2. The maximum Gasteiger partial charge on any atom is 0.228 e. The van der Waals surface area contributed by atoms with Crippen molar-refractivity contribution in [2.75, 3.05) is 6.54 Å². The number of rotatable bonds is 2. The van der Waals surface area contributed by atoms with Crippen LogP contribution in [0.25, 0.3) is 0 Å². The van der Waals surface area contributed by atoms with Crippen LogP contribution in [0.4, 0.5) is 0 Å². The van der Waals surface area contributed by atoms with Gasteiger partial charge in [0.15, 0.2) is 0 Å². The number of nitrogens with zero attached hydrogens (tertiary/aromatic N) is 2. The number of hydrogen-bond acceptors (Lipinski definition) is 2. The molecule has 0 saturated carbocycles. The normalized spacial score (nSPS) is 18.7. The molecule has 0 N–H and O–H groups in total. The molecule has 1 unspecified atom stereocenters. The van der Waals surface area contributed by atoms with Crippen LogP contribution in [-0.2, 0) is 11.2 Å². The Labute approximate surface area is 116 Å².